The summed E-state index contributed by atoms with van der Waals surface area (Å²) in [5, 5.41) is 4.56. The molecule has 0 bridgehead atoms. The van der Waals surface area contributed by atoms with E-state index < -0.39 is 0 Å². The smallest absolute Gasteiger partial charge is 0.143 e. The summed E-state index contributed by atoms with van der Waals surface area (Å²) in [6, 6.07) is 54.3. The maximum Gasteiger partial charge on any atom is 0.143 e. The molecule has 0 amide bonds. The van der Waals surface area contributed by atoms with Gasteiger partial charge in [-0.2, -0.15) is 0 Å². The molecule has 0 aliphatic heterocycles. The fourth-order valence-electron chi connectivity index (χ4n) is 9.37. The number of hydrogen-bond donors (Lipinski definition) is 0. The lowest BCUT2D eigenvalue weighted by molar-refractivity contribution is 0.394. The van der Waals surface area contributed by atoms with E-state index in [2.05, 4.69) is 170 Å². The molecule has 0 fully saturated rings. The molecule has 0 N–H and O–H groups in total. The first-order chi connectivity index (χ1) is 26.5. The predicted octanol–water partition coefficient (Wildman–Crippen LogP) is 14.4. The number of benzene rings is 7. The van der Waals surface area contributed by atoms with E-state index >= 15 is 0 Å². The SMILES string of the molecule is CC1(C)c2cccc(N(c3ccc(-c4cccc5c4oc4ccccc45)cc3)c3ccc(-c4cccc5c4oc4ccccc45)cc3)c2C2C=CC=CC21. The maximum atomic E-state index is 6.44. The van der Waals surface area contributed by atoms with Crippen LogP contribution in [0.15, 0.2) is 185 Å². The minimum absolute atomic E-state index is 0.00713. The topological polar surface area (TPSA) is 29.5 Å². The third-order valence-electron chi connectivity index (χ3n) is 12.0. The van der Waals surface area contributed by atoms with Gasteiger partial charge >= 0.3 is 0 Å². The molecule has 7 aromatic carbocycles. The Morgan fingerprint density at radius 3 is 1.56 bits per heavy atom. The van der Waals surface area contributed by atoms with E-state index in [1.807, 2.05) is 24.3 Å². The molecule has 2 atom stereocenters. The van der Waals surface area contributed by atoms with Crippen molar-refractivity contribution < 1.29 is 8.83 Å². The Bertz CT molecular complexity index is 2820. The molecule has 2 aliphatic carbocycles. The molecule has 9 aromatic rings. The van der Waals surface area contributed by atoms with Gasteiger partial charge in [0, 0.05) is 50.0 Å². The molecule has 11 rings (SSSR count). The molecular weight excluding hydrogens is 659 g/mol. The number of anilines is 3. The summed E-state index contributed by atoms with van der Waals surface area (Å²) < 4.78 is 12.9. The maximum absolute atomic E-state index is 6.44. The molecule has 0 saturated carbocycles. The van der Waals surface area contributed by atoms with Gasteiger partial charge in [-0.15, -0.1) is 0 Å². The molecular formula is C51H37NO2. The van der Waals surface area contributed by atoms with Gasteiger partial charge in [0.1, 0.15) is 22.3 Å². The molecule has 2 aliphatic rings. The highest BCUT2D eigenvalue weighted by Gasteiger charge is 2.46. The Labute approximate surface area is 314 Å². The van der Waals surface area contributed by atoms with Crippen molar-refractivity contribution in [2.45, 2.75) is 25.2 Å². The molecule has 3 heteroatoms. The number of para-hydroxylation sites is 4. The zero-order valence-electron chi connectivity index (χ0n) is 30.2. The number of fused-ring (bicyclic) bond motifs is 9. The van der Waals surface area contributed by atoms with E-state index in [9.17, 15) is 0 Å². The number of nitrogens with zero attached hydrogens (tertiary/aromatic N) is 1. The van der Waals surface area contributed by atoms with Crippen molar-refractivity contribution in [2.24, 2.45) is 5.92 Å². The summed E-state index contributed by atoms with van der Waals surface area (Å²) in [5.41, 5.74) is 14.3. The Morgan fingerprint density at radius 2 is 0.981 bits per heavy atom. The van der Waals surface area contributed by atoms with Crippen LogP contribution < -0.4 is 4.90 Å². The van der Waals surface area contributed by atoms with Crippen molar-refractivity contribution in [2.75, 3.05) is 4.90 Å². The molecule has 2 heterocycles. The predicted molar refractivity (Wildman–Crippen MR) is 224 cm³/mol. The molecule has 0 radical (unpaired) electrons. The van der Waals surface area contributed by atoms with Gasteiger partial charge in [0.05, 0.1) is 5.69 Å². The first kappa shape index (κ1) is 31.0. The second-order valence-electron chi connectivity index (χ2n) is 15.3. The van der Waals surface area contributed by atoms with E-state index in [4.69, 9.17) is 8.83 Å². The lowest BCUT2D eigenvalue weighted by atomic mass is 9.74. The fraction of sp³-hybridized carbons (Fsp3) is 0.0980. The van der Waals surface area contributed by atoms with Crippen LogP contribution in [0.1, 0.15) is 30.9 Å². The van der Waals surface area contributed by atoms with Gasteiger partial charge in [-0.05, 0) is 76.1 Å². The minimum Gasteiger partial charge on any atom is -0.455 e. The second kappa shape index (κ2) is 11.7. The molecule has 54 heavy (non-hydrogen) atoms. The van der Waals surface area contributed by atoms with Crippen LogP contribution in [-0.2, 0) is 5.41 Å². The van der Waals surface area contributed by atoms with Gasteiger partial charge in [0.2, 0.25) is 0 Å². The standard InChI is InChI=1S/C51H37NO2/c1-51(2)43-19-6-3-14-42(43)48-44(51)20-11-21-45(48)52(34-28-24-32(25-29-34)36-15-9-17-40-38-12-4-7-22-46(38)53-49(36)40)35-30-26-33(27-31-35)37-16-10-18-41-39-13-5-8-23-47(39)54-50(37)41/h3-31,42-43H,1-2H3. The van der Waals surface area contributed by atoms with Gasteiger partial charge in [0.25, 0.3) is 0 Å². The van der Waals surface area contributed by atoms with Gasteiger partial charge in [-0.25, -0.2) is 0 Å². The molecule has 3 nitrogen and oxygen atoms in total. The van der Waals surface area contributed by atoms with Gasteiger partial charge in [-0.1, -0.05) is 147 Å². The first-order valence-corrected chi connectivity index (χ1v) is 18.8. The molecule has 2 unspecified atom stereocenters. The van der Waals surface area contributed by atoms with Crippen molar-refractivity contribution in [3.05, 3.63) is 187 Å². The first-order valence-electron chi connectivity index (χ1n) is 18.8. The van der Waals surface area contributed by atoms with E-state index in [-0.39, 0.29) is 5.41 Å². The van der Waals surface area contributed by atoms with Crippen LogP contribution in [0, 0.1) is 5.92 Å². The van der Waals surface area contributed by atoms with E-state index in [1.165, 1.54) is 16.8 Å². The van der Waals surface area contributed by atoms with Gasteiger partial charge in [-0.3, -0.25) is 0 Å². The molecule has 0 saturated heterocycles. The van der Waals surface area contributed by atoms with Crippen molar-refractivity contribution >= 4 is 60.9 Å². The highest BCUT2D eigenvalue weighted by Crippen LogP contribution is 2.57. The van der Waals surface area contributed by atoms with Crippen LogP contribution in [0.3, 0.4) is 0 Å². The minimum atomic E-state index is 0.00713. The molecule has 0 spiro atoms. The lowest BCUT2D eigenvalue weighted by Gasteiger charge is -2.30. The van der Waals surface area contributed by atoms with Crippen LogP contribution >= 0.6 is 0 Å². The average Bonchev–Trinajstić information content (AvgIpc) is 3.87. The summed E-state index contributed by atoms with van der Waals surface area (Å²) in [6.45, 7) is 4.80. The number of rotatable bonds is 5. The molecule has 258 valence electrons. The Kier molecular flexibility index (Phi) is 6.72. The van der Waals surface area contributed by atoms with Crippen molar-refractivity contribution in [1.29, 1.82) is 0 Å². The third-order valence-corrected chi connectivity index (χ3v) is 12.0. The van der Waals surface area contributed by atoms with E-state index in [0.29, 0.717) is 11.8 Å². The third kappa shape index (κ3) is 4.55. The van der Waals surface area contributed by atoms with Crippen LogP contribution in [0.4, 0.5) is 17.1 Å². The summed E-state index contributed by atoms with van der Waals surface area (Å²) in [6.07, 6.45) is 9.23. The molecule has 2 aromatic heterocycles. The number of allylic oxidation sites excluding steroid dienone is 4. The zero-order chi connectivity index (χ0) is 36.0. The van der Waals surface area contributed by atoms with Gasteiger partial charge in [0.15, 0.2) is 0 Å². The van der Waals surface area contributed by atoms with E-state index in [1.54, 1.807) is 0 Å². The largest absolute Gasteiger partial charge is 0.455 e. The second-order valence-corrected chi connectivity index (χ2v) is 15.3. The number of furan rings is 2. The van der Waals surface area contributed by atoms with Crippen LogP contribution in [-0.4, -0.2) is 0 Å². The highest BCUT2D eigenvalue weighted by atomic mass is 16.3. The summed E-state index contributed by atoms with van der Waals surface area (Å²) in [7, 11) is 0. The van der Waals surface area contributed by atoms with Crippen molar-refractivity contribution in [3.63, 3.8) is 0 Å². The van der Waals surface area contributed by atoms with Crippen LogP contribution in [0.5, 0.6) is 0 Å². The monoisotopic (exact) mass is 695 g/mol. The average molecular weight is 696 g/mol. The quantitative estimate of drug-likeness (QED) is 0.179. The zero-order valence-corrected chi connectivity index (χ0v) is 30.2. The fourth-order valence-corrected chi connectivity index (χ4v) is 9.37. The Hall–Kier alpha value is -6.58. The highest BCUT2D eigenvalue weighted by molar-refractivity contribution is 6.10. The van der Waals surface area contributed by atoms with Crippen molar-refractivity contribution in [1.82, 2.24) is 0 Å². The van der Waals surface area contributed by atoms with Gasteiger partial charge < -0.3 is 13.7 Å². The lowest BCUT2D eigenvalue weighted by Crippen LogP contribution is -2.24. The van der Waals surface area contributed by atoms with E-state index in [0.717, 1.165) is 77.5 Å². The summed E-state index contributed by atoms with van der Waals surface area (Å²) in [5.74, 6) is 0.701. The summed E-state index contributed by atoms with van der Waals surface area (Å²) >= 11 is 0. The Balaban J connectivity index is 1.06. The van der Waals surface area contributed by atoms with Crippen LogP contribution in [0.25, 0.3) is 66.1 Å². The summed E-state index contributed by atoms with van der Waals surface area (Å²) in [4.78, 5) is 2.44. The Morgan fingerprint density at radius 1 is 0.481 bits per heavy atom. The van der Waals surface area contributed by atoms with Crippen molar-refractivity contribution in [3.8, 4) is 22.3 Å². The number of hydrogen-bond acceptors (Lipinski definition) is 3. The van der Waals surface area contributed by atoms with Crippen LogP contribution in [0.2, 0.25) is 0 Å². The normalized spacial score (nSPS) is 17.1.